The van der Waals surface area contributed by atoms with Gasteiger partial charge in [-0.05, 0) is 18.8 Å². The molecule has 0 spiro atoms. The lowest BCUT2D eigenvalue weighted by Gasteiger charge is -2.23. The Morgan fingerprint density at radius 1 is 1.44 bits per heavy atom. The maximum absolute atomic E-state index is 2.32. The Bertz CT molecular complexity index is 75.0. The summed E-state index contributed by atoms with van der Waals surface area (Å²) in [6, 6.07) is 0. The lowest BCUT2D eigenvalue weighted by Crippen LogP contribution is -2.13. The lowest BCUT2D eigenvalue weighted by molar-refractivity contribution is 0.569. The summed E-state index contributed by atoms with van der Waals surface area (Å²) in [5.74, 6) is 2.25. The molecule has 0 aromatic rings. The zero-order valence-corrected chi connectivity index (χ0v) is 7.73. The molecule has 1 rings (SSSR count). The zero-order chi connectivity index (χ0) is 6.69. The van der Waals surface area contributed by atoms with E-state index >= 15 is 0 Å². The van der Waals surface area contributed by atoms with E-state index in [1.54, 1.807) is 0 Å². The van der Waals surface area contributed by atoms with E-state index in [-0.39, 0.29) is 0 Å². The molecule has 0 radical (unpaired) electrons. The second kappa shape index (κ2) is 3.77. The van der Waals surface area contributed by atoms with Gasteiger partial charge in [0.25, 0.3) is 0 Å². The van der Waals surface area contributed by atoms with Gasteiger partial charge in [-0.15, -0.1) is 0 Å². The predicted octanol–water partition coefficient (Wildman–Crippen LogP) is 3.19. The highest BCUT2D eigenvalue weighted by molar-refractivity contribution is 8.77. The predicted molar refractivity (Wildman–Crippen MR) is 47.9 cm³/mol. The summed E-state index contributed by atoms with van der Waals surface area (Å²) >= 11 is 0. The Balaban J connectivity index is 2.23. The number of hydrogen-bond acceptors (Lipinski definition) is 2. The fourth-order valence-corrected chi connectivity index (χ4v) is 4.13. The molecule has 1 saturated heterocycles. The molecule has 1 unspecified atom stereocenters. The largest absolute Gasteiger partial charge is 0.0939 e. The lowest BCUT2D eigenvalue weighted by atomic mass is 10.1. The van der Waals surface area contributed by atoms with Crippen LogP contribution in [0, 0.1) is 5.92 Å². The van der Waals surface area contributed by atoms with Crippen molar-refractivity contribution in [2.75, 3.05) is 5.75 Å². The molecule has 0 nitrogen and oxygen atoms in total. The Labute approximate surface area is 65.6 Å². The number of hydrogen-bond donors (Lipinski definition) is 0. The van der Waals surface area contributed by atoms with Gasteiger partial charge >= 0.3 is 0 Å². The molecule has 0 aromatic heterocycles. The summed E-state index contributed by atoms with van der Waals surface area (Å²) in [5.41, 5.74) is 0. The summed E-state index contributed by atoms with van der Waals surface area (Å²) in [7, 11) is 4.14. The summed E-state index contributed by atoms with van der Waals surface area (Å²) in [6.45, 7) is 4.65. The smallest absolute Gasteiger partial charge is 0.0174 e. The van der Waals surface area contributed by atoms with E-state index in [0.717, 1.165) is 11.2 Å². The zero-order valence-electron chi connectivity index (χ0n) is 6.09. The van der Waals surface area contributed by atoms with Gasteiger partial charge in [-0.1, -0.05) is 35.4 Å². The molecule has 0 amide bonds. The molecule has 54 valence electrons. The summed E-state index contributed by atoms with van der Waals surface area (Å²) < 4.78 is 0. The van der Waals surface area contributed by atoms with Crippen molar-refractivity contribution in [1.82, 2.24) is 0 Å². The van der Waals surface area contributed by atoms with Crippen LogP contribution in [-0.2, 0) is 0 Å². The second-order valence-corrected chi connectivity index (χ2v) is 5.57. The molecular weight excluding hydrogens is 148 g/mol. The fraction of sp³-hybridized carbons (Fsp3) is 1.00. The van der Waals surface area contributed by atoms with Crippen LogP contribution in [0.25, 0.3) is 0 Å². The van der Waals surface area contributed by atoms with Crippen LogP contribution < -0.4 is 0 Å². The third kappa shape index (κ3) is 2.42. The van der Waals surface area contributed by atoms with Crippen LogP contribution in [0.3, 0.4) is 0 Å². The minimum Gasteiger partial charge on any atom is -0.0939 e. The van der Waals surface area contributed by atoms with Gasteiger partial charge in [0.05, 0.1) is 0 Å². The third-order valence-corrected chi connectivity index (χ3v) is 4.92. The minimum absolute atomic E-state index is 0.878. The summed E-state index contributed by atoms with van der Waals surface area (Å²) in [4.78, 5) is 0. The average molecular weight is 162 g/mol. The van der Waals surface area contributed by atoms with Crippen LogP contribution in [0.1, 0.15) is 26.7 Å². The SMILES string of the molecule is CC(C)C1CCCSS1. The minimum atomic E-state index is 0.878. The highest BCUT2D eigenvalue weighted by atomic mass is 33.1. The molecule has 1 aliphatic heterocycles. The molecular formula is C7H14S2. The highest BCUT2D eigenvalue weighted by Crippen LogP contribution is 2.38. The van der Waals surface area contributed by atoms with E-state index in [0.29, 0.717) is 0 Å². The monoisotopic (exact) mass is 162 g/mol. The molecule has 1 aliphatic rings. The Morgan fingerprint density at radius 2 is 2.22 bits per heavy atom. The first-order valence-electron chi connectivity index (χ1n) is 3.59. The number of rotatable bonds is 1. The first-order chi connectivity index (χ1) is 4.30. The van der Waals surface area contributed by atoms with Crippen molar-refractivity contribution in [2.24, 2.45) is 5.92 Å². The molecule has 0 saturated carbocycles. The normalized spacial score (nSPS) is 29.0. The van der Waals surface area contributed by atoms with Gasteiger partial charge in [0.2, 0.25) is 0 Å². The van der Waals surface area contributed by atoms with Gasteiger partial charge in [0, 0.05) is 11.0 Å². The maximum atomic E-state index is 2.32. The van der Waals surface area contributed by atoms with Crippen LogP contribution in [0.2, 0.25) is 0 Å². The topological polar surface area (TPSA) is 0 Å². The van der Waals surface area contributed by atoms with Crippen LogP contribution in [0.5, 0.6) is 0 Å². The van der Waals surface area contributed by atoms with Crippen molar-refractivity contribution < 1.29 is 0 Å². The van der Waals surface area contributed by atoms with E-state index < -0.39 is 0 Å². The van der Waals surface area contributed by atoms with Crippen LogP contribution in [0.4, 0.5) is 0 Å². The van der Waals surface area contributed by atoms with Crippen molar-refractivity contribution in [3.63, 3.8) is 0 Å². The van der Waals surface area contributed by atoms with Crippen molar-refractivity contribution in [2.45, 2.75) is 31.9 Å². The van der Waals surface area contributed by atoms with Gasteiger partial charge in [0.1, 0.15) is 0 Å². The molecule has 1 fully saturated rings. The fourth-order valence-electron chi connectivity index (χ4n) is 0.972. The first-order valence-corrected chi connectivity index (χ1v) is 5.97. The van der Waals surface area contributed by atoms with E-state index in [1.165, 1.54) is 18.6 Å². The van der Waals surface area contributed by atoms with E-state index in [9.17, 15) is 0 Å². The highest BCUT2D eigenvalue weighted by Gasteiger charge is 2.17. The van der Waals surface area contributed by atoms with Gasteiger partial charge < -0.3 is 0 Å². The van der Waals surface area contributed by atoms with E-state index in [1.807, 2.05) is 10.8 Å². The quantitative estimate of drug-likeness (QED) is 0.543. The van der Waals surface area contributed by atoms with E-state index in [2.05, 4.69) is 24.6 Å². The molecule has 9 heavy (non-hydrogen) atoms. The third-order valence-electron chi connectivity index (χ3n) is 1.65. The van der Waals surface area contributed by atoms with Crippen LogP contribution in [0.15, 0.2) is 0 Å². The second-order valence-electron chi connectivity index (χ2n) is 2.84. The molecule has 0 N–H and O–H groups in total. The molecule has 1 heterocycles. The molecule has 0 bridgehead atoms. The van der Waals surface area contributed by atoms with Crippen molar-refractivity contribution in [1.29, 1.82) is 0 Å². The first kappa shape index (κ1) is 7.80. The molecule has 0 aromatic carbocycles. The Hall–Kier alpha value is 0.700. The summed E-state index contributed by atoms with van der Waals surface area (Å²) in [5, 5.41) is 0.934. The van der Waals surface area contributed by atoms with Gasteiger partial charge in [-0.3, -0.25) is 0 Å². The van der Waals surface area contributed by atoms with Crippen molar-refractivity contribution in [3.05, 3.63) is 0 Å². The maximum Gasteiger partial charge on any atom is 0.0174 e. The Kier molecular flexibility index (Phi) is 3.27. The van der Waals surface area contributed by atoms with Crippen molar-refractivity contribution in [3.8, 4) is 0 Å². The van der Waals surface area contributed by atoms with Crippen LogP contribution in [-0.4, -0.2) is 11.0 Å². The molecule has 2 heteroatoms. The molecule has 0 aliphatic carbocycles. The standard InChI is InChI=1S/C7H14S2/c1-6(2)7-4-3-5-8-9-7/h6-7H,3-5H2,1-2H3. The molecule has 1 atom stereocenters. The van der Waals surface area contributed by atoms with Crippen LogP contribution >= 0.6 is 21.6 Å². The van der Waals surface area contributed by atoms with Gasteiger partial charge in [-0.2, -0.15) is 0 Å². The van der Waals surface area contributed by atoms with Gasteiger partial charge in [0.15, 0.2) is 0 Å². The van der Waals surface area contributed by atoms with Gasteiger partial charge in [-0.25, -0.2) is 0 Å². The van der Waals surface area contributed by atoms with E-state index in [4.69, 9.17) is 0 Å². The summed E-state index contributed by atoms with van der Waals surface area (Å²) in [6.07, 6.45) is 2.87. The average Bonchev–Trinajstić information content (AvgIpc) is 1.90. The van der Waals surface area contributed by atoms with Crippen molar-refractivity contribution >= 4 is 21.6 Å². The Morgan fingerprint density at radius 3 is 2.56 bits per heavy atom.